The summed E-state index contributed by atoms with van der Waals surface area (Å²) in [4.78, 5) is 0. The van der Waals surface area contributed by atoms with E-state index in [1.807, 2.05) is 0 Å². The Morgan fingerprint density at radius 1 is 1.64 bits per heavy atom. The Kier molecular flexibility index (Phi) is 3.83. The van der Waals surface area contributed by atoms with Crippen molar-refractivity contribution in [2.45, 2.75) is 31.9 Å². The number of piperidine rings is 1. The topological polar surface area (TPSA) is 47.3 Å². The molecule has 1 fully saturated rings. The highest BCUT2D eigenvalue weighted by Crippen LogP contribution is 2.11. The average Bonchev–Trinajstić information content (AvgIpc) is 2.01. The van der Waals surface area contributed by atoms with Gasteiger partial charge in [0.15, 0.2) is 0 Å². The molecule has 0 aromatic heterocycles. The van der Waals surface area contributed by atoms with Gasteiger partial charge in [0.05, 0.1) is 12.7 Å². The molecule has 1 heterocycles. The standard InChI is InChI=1S/C8H18N2O/c1-7-6-8(2-4-10-7)11-5-3-9/h7-8,10H,2-6,9H2,1H3. The molecule has 1 saturated heterocycles. The van der Waals surface area contributed by atoms with E-state index in [1.54, 1.807) is 0 Å². The van der Waals surface area contributed by atoms with Crippen LogP contribution in [0.1, 0.15) is 19.8 Å². The lowest BCUT2D eigenvalue weighted by Crippen LogP contribution is -2.39. The molecule has 0 aromatic carbocycles. The summed E-state index contributed by atoms with van der Waals surface area (Å²) < 4.78 is 5.54. The molecule has 0 spiro atoms. The molecule has 3 heteroatoms. The number of hydrogen-bond donors (Lipinski definition) is 2. The molecule has 0 radical (unpaired) electrons. The van der Waals surface area contributed by atoms with Gasteiger partial charge in [-0.1, -0.05) is 0 Å². The fourth-order valence-corrected chi connectivity index (χ4v) is 1.47. The fourth-order valence-electron chi connectivity index (χ4n) is 1.47. The third-order valence-electron chi connectivity index (χ3n) is 2.05. The molecule has 3 N–H and O–H groups in total. The Hall–Kier alpha value is -0.120. The first-order valence-electron chi connectivity index (χ1n) is 4.38. The summed E-state index contributed by atoms with van der Waals surface area (Å²) in [6.07, 6.45) is 2.69. The normalized spacial score (nSPS) is 32.2. The molecule has 0 aliphatic carbocycles. The third kappa shape index (κ3) is 3.18. The van der Waals surface area contributed by atoms with Crippen LogP contribution in [0, 0.1) is 0 Å². The van der Waals surface area contributed by atoms with Gasteiger partial charge < -0.3 is 15.8 Å². The predicted molar refractivity (Wildman–Crippen MR) is 45.5 cm³/mol. The van der Waals surface area contributed by atoms with Gasteiger partial charge in [-0.15, -0.1) is 0 Å². The smallest absolute Gasteiger partial charge is 0.0602 e. The quantitative estimate of drug-likeness (QED) is 0.612. The zero-order valence-corrected chi connectivity index (χ0v) is 7.18. The highest BCUT2D eigenvalue weighted by atomic mass is 16.5. The van der Waals surface area contributed by atoms with Crippen molar-refractivity contribution in [1.82, 2.24) is 5.32 Å². The average molecular weight is 158 g/mol. The van der Waals surface area contributed by atoms with E-state index in [2.05, 4.69) is 12.2 Å². The van der Waals surface area contributed by atoms with E-state index < -0.39 is 0 Å². The number of nitrogens with two attached hydrogens (primary N) is 1. The highest BCUT2D eigenvalue weighted by Gasteiger charge is 2.17. The number of rotatable bonds is 3. The molecule has 1 aliphatic heterocycles. The van der Waals surface area contributed by atoms with Gasteiger partial charge in [-0.25, -0.2) is 0 Å². The molecule has 0 aromatic rings. The zero-order valence-electron chi connectivity index (χ0n) is 7.18. The van der Waals surface area contributed by atoms with E-state index in [-0.39, 0.29) is 0 Å². The van der Waals surface area contributed by atoms with Gasteiger partial charge in [-0.2, -0.15) is 0 Å². The number of nitrogens with one attached hydrogen (secondary N) is 1. The van der Waals surface area contributed by atoms with Crippen molar-refractivity contribution >= 4 is 0 Å². The summed E-state index contributed by atoms with van der Waals surface area (Å²) in [5.41, 5.74) is 5.34. The molecular weight excluding hydrogens is 140 g/mol. The van der Waals surface area contributed by atoms with Crippen molar-refractivity contribution in [3.8, 4) is 0 Å². The molecule has 2 atom stereocenters. The second kappa shape index (κ2) is 4.70. The molecule has 1 rings (SSSR count). The molecule has 3 nitrogen and oxygen atoms in total. The SMILES string of the molecule is CC1CC(OCCN)CCN1. The van der Waals surface area contributed by atoms with Crippen LogP contribution in [0.3, 0.4) is 0 Å². The van der Waals surface area contributed by atoms with E-state index in [9.17, 15) is 0 Å². The largest absolute Gasteiger partial charge is 0.377 e. The van der Waals surface area contributed by atoms with E-state index in [0.29, 0.717) is 25.3 Å². The van der Waals surface area contributed by atoms with Crippen molar-refractivity contribution in [1.29, 1.82) is 0 Å². The van der Waals surface area contributed by atoms with E-state index in [4.69, 9.17) is 10.5 Å². The first-order chi connectivity index (χ1) is 5.33. The Morgan fingerprint density at radius 2 is 2.45 bits per heavy atom. The van der Waals surface area contributed by atoms with E-state index in [0.717, 1.165) is 19.4 Å². The van der Waals surface area contributed by atoms with Crippen LogP contribution in [0.2, 0.25) is 0 Å². The van der Waals surface area contributed by atoms with Gasteiger partial charge >= 0.3 is 0 Å². The van der Waals surface area contributed by atoms with Crippen LogP contribution in [0.5, 0.6) is 0 Å². The summed E-state index contributed by atoms with van der Waals surface area (Å²) in [6, 6.07) is 0.603. The van der Waals surface area contributed by atoms with Gasteiger partial charge in [0, 0.05) is 12.6 Å². The van der Waals surface area contributed by atoms with Crippen LogP contribution < -0.4 is 11.1 Å². The molecule has 11 heavy (non-hydrogen) atoms. The van der Waals surface area contributed by atoms with Gasteiger partial charge in [0.25, 0.3) is 0 Å². The van der Waals surface area contributed by atoms with Gasteiger partial charge in [0.1, 0.15) is 0 Å². The Balaban J connectivity index is 2.12. The lowest BCUT2D eigenvalue weighted by Gasteiger charge is -2.27. The Bertz CT molecular complexity index is 108. The minimum atomic E-state index is 0.440. The number of ether oxygens (including phenoxy) is 1. The van der Waals surface area contributed by atoms with Crippen molar-refractivity contribution < 1.29 is 4.74 Å². The first kappa shape index (κ1) is 8.97. The lowest BCUT2D eigenvalue weighted by atomic mass is 10.0. The van der Waals surface area contributed by atoms with Gasteiger partial charge in [-0.3, -0.25) is 0 Å². The lowest BCUT2D eigenvalue weighted by molar-refractivity contribution is 0.0286. The maximum absolute atomic E-state index is 5.54. The Morgan fingerprint density at radius 3 is 3.09 bits per heavy atom. The highest BCUT2D eigenvalue weighted by molar-refractivity contribution is 4.75. The monoisotopic (exact) mass is 158 g/mol. The van der Waals surface area contributed by atoms with Crippen molar-refractivity contribution in [2.24, 2.45) is 5.73 Å². The van der Waals surface area contributed by atoms with Crippen LogP contribution >= 0.6 is 0 Å². The van der Waals surface area contributed by atoms with E-state index >= 15 is 0 Å². The van der Waals surface area contributed by atoms with Crippen LogP contribution in [-0.4, -0.2) is 31.8 Å². The summed E-state index contributed by atoms with van der Waals surface area (Å²) in [7, 11) is 0. The van der Waals surface area contributed by atoms with Crippen molar-refractivity contribution in [2.75, 3.05) is 19.7 Å². The van der Waals surface area contributed by atoms with Crippen LogP contribution in [0.4, 0.5) is 0 Å². The van der Waals surface area contributed by atoms with Crippen LogP contribution in [0.25, 0.3) is 0 Å². The van der Waals surface area contributed by atoms with Crippen molar-refractivity contribution in [3.05, 3.63) is 0 Å². The van der Waals surface area contributed by atoms with Gasteiger partial charge in [-0.05, 0) is 26.3 Å². The van der Waals surface area contributed by atoms with Crippen molar-refractivity contribution in [3.63, 3.8) is 0 Å². The maximum Gasteiger partial charge on any atom is 0.0602 e. The molecule has 66 valence electrons. The summed E-state index contributed by atoms with van der Waals surface area (Å²) in [5.74, 6) is 0. The second-order valence-electron chi connectivity index (χ2n) is 3.16. The maximum atomic E-state index is 5.54. The molecule has 0 amide bonds. The summed E-state index contributed by atoms with van der Waals surface area (Å²) in [5, 5.41) is 3.38. The molecule has 0 saturated carbocycles. The van der Waals surface area contributed by atoms with Crippen LogP contribution in [0.15, 0.2) is 0 Å². The molecule has 1 aliphatic rings. The number of hydrogen-bond acceptors (Lipinski definition) is 3. The third-order valence-corrected chi connectivity index (χ3v) is 2.05. The fraction of sp³-hybridized carbons (Fsp3) is 1.00. The van der Waals surface area contributed by atoms with E-state index in [1.165, 1.54) is 0 Å². The van der Waals surface area contributed by atoms with Gasteiger partial charge in [0.2, 0.25) is 0 Å². The predicted octanol–water partition coefficient (Wildman–Crippen LogP) is 0.102. The molecular formula is C8H18N2O. The minimum absolute atomic E-state index is 0.440. The molecule has 2 unspecified atom stereocenters. The Labute approximate surface area is 68.3 Å². The first-order valence-corrected chi connectivity index (χ1v) is 4.38. The second-order valence-corrected chi connectivity index (χ2v) is 3.16. The summed E-state index contributed by atoms with van der Waals surface area (Å²) in [6.45, 7) is 4.62. The zero-order chi connectivity index (χ0) is 8.10. The minimum Gasteiger partial charge on any atom is -0.377 e. The van der Waals surface area contributed by atoms with Crippen LogP contribution in [-0.2, 0) is 4.74 Å². The summed E-state index contributed by atoms with van der Waals surface area (Å²) >= 11 is 0. The molecule has 0 bridgehead atoms.